The van der Waals surface area contributed by atoms with E-state index in [1.165, 1.54) is 19.2 Å². The maximum Gasteiger partial charge on any atom is 0.341 e. The number of phenols is 1. The molecule has 0 saturated carbocycles. The fourth-order valence-electron chi connectivity index (χ4n) is 3.23. The Hall–Kier alpha value is -4.11. The summed E-state index contributed by atoms with van der Waals surface area (Å²) in [7, 11) is 1.25. The minimum absolute atomic E-state index is 0.0712. The zero-order valence-corrected chi connectivity index (χ0v) is 18.1. The molecule has 33 heavy (non-hydrogen) atoms. The van der Waals surface area contributed by atoms with E-state index < -0.39 is 5.97 Å². The van der Waals surface area contributed by atoms with Crippen LogP contribution in [0.15, 0.2) is 87.2 Å². The number of ether oxygens (including phenoxy) is 2. The highest BCUT2D eigenvalue weighted by atomic mass is 16.5. The third kappa shape index (κ3) is 5.78. The number of methoxy groups -OCH3 is 1. The van der Waals surface area contributed by atoms with Gasteiger partial charge in [-0.15, -0.1) is 0 Å². The van der Waals surface area contributed by atoms with Gasteiger partial charge in [-0.2, -0.15) is 20.5 Å². The number of azo groups is 2. The van der Waals surface area contributed by atoms with Crippen LogP contribution in [0.2, 0.25) is 0 Å². The van der Waals surface area contributed by atoms with Gasteiger partial charge in [-0.3, -0.25) is 0 Å². The second-order valence-corrected chi connectivity index (χ2v) is 7.23. The lowest BCUT2D eigenvalue weighted by Crippen LogP contribution is -2.36. The van der Waals surface area contributed by atoms with E-state index in [1.54, 1.807) is 30.3 Å². The molecule has 0 atom stereocenters. The van der Waals surface area contributed by atoms with Crippen LogP contribution in [-0.4, -0.2) is 44.5 Å². The first-order valence-corrected chi connectivity index (χ1v) is 10.4. The molecule has 168 valence electrons. The molecule has 1 fully saturated rings. The molecular formula is C24H23N5O4. The van der Waals surface area contributed by atoms with Gasteiger partial charge in [-0.25, -0.2) is 4.79 Å². The smallest absolute Gasteiger partial charge is 0.341 e. The number of morpholine rings is 1. The monoisotopic (exact) mass is 445 g/mol. The maximum absolute atomic E-state index is 11.5. The molecule has 9 nitrogen and oxygen atoms in total. The minimum atomic E-state index is -0.617. The van der Waals surface area contributed by atoms with Crippen LogP contribution < -0.4 is 4.90 Å². The van der Waals surface area contributed by atoms with Gasteiger partial charge in [0.2, 0.25) is 0 Å². The van der Waals surface area contributed by atoms with Crippen molar-refractivity contribution in [3.63, 3.8) is 0 Å². The quantitative estimate of drug-likeness (QED) is 0.378. The van der Waals surface area contributed by atoms with Crippen molar-refractivity contribution in [1.82, 2.24) is 0 Å². The van der Waals surface area contributed by atoms with Gasteiger partial charge in [0.05, 0.1) is 43.1 Å². The number of carbonyl (C=O) groups excluding carboxylic acids is 1. The lowest BCUT2D eigenvalue weighted by molar-refractivity contribution is 0.0597. The van der Waals surface area contributed by atoms with Crippen molar-refractivity contribution in [2.75, 3.05) is 38.3 Å². The summed E-state index contributed by atoms with van der Waals surface area (Å²) in [4.78, 5) is 13.8. The highest BCUT2D eigenvalue weighted by molar-refractivity contribution is 5.92. The Morgan fingerprint density at radius 3 is 1.82 bits per heavy atom. The van der Waals surface area contributed by atoms with Crippen molar-refractivity contribution in [2.45, 2.75) is 0 Å². The van der Waals surface area contributed by atoms with E-state index in [1.807, 2.05) is 24.3 Å². The molecule has 0 bridgehead atoms. The third-order valence-corrected chi connectivity index (χ3v) is 5.02. The average molecular weight is 445 g/mol. The van der Waals surface area contributed by atoms with Gasteiger partial charge < -0.3 is 19.5 Å². The zero-order valence-electron chi connectivity index (χ0n) is 18.1. The van der Waals surface area contributed by atoms with Crippen LogP contribution in [0.3, 0.4) is 0 Å². The summed E-state index contributed by atoms with van der Waals surface area (Å²) in [6, 6.07) is 19.4. The summed E-state index contributed by atoms with van der Waals surface area (Å²) in [5.41, 5.74) is 3.70. The average Bonchev–Trinajstić information content (AvgIpc) is 2.87. The normalized spacial score (nSPS) is 14.2. The molecule has 4 rings (SSSR count). The molecule has 1 saturated heterocycles. The minimum Gasteiger partial charge on any atom is -0.507 e. The van der Waals surface area contributed by atoms with Gasteiger partial charge in [0, 0.05) is 24.8 Å². The van der Waals surface area contributed by atoms with E-state index in [-0.39, 0.29) is 11.3 Å². The SMILES string of the molecule is COC(=O)c1ccc(/N=N/c2ccc(/N=N/c3ccc(N4CCOCC4)cc3)cc2)cc1O. The Morgan fingerprint density at radius 1 is 0.818 bits per heavy atom. The molecule has 0 spiro atoms. The first kappa shape index (κ1) is 22.1. The van der Waals surface area contributed by atoms with Crippen molar-refractivity contribution in [2.24, 2.45) is 20.5 Å². The molecule has 3 aromatic rings. The summed E-state index contributed by atoms with van der Waals surface area (Å²) >= 11 is 0. The highest BCUT2D eigenvalue weighted by Crippen LogP contribution is 2.28. The summed E-state index contributed by atoms with van der Waals surface area (Å²) < 4.78 is 9.99. The molecule has 0 unspecified atom stereocenters. The molecule has 1 aliphatic heterocycles. The number of anilines is 1. The van der Waals surface area contributed by atoms with Crippen LogP contribution in [0, 0.1) is 0 Å². The Bertz CT molecular complexity index is 1150. The van der Waals surface area contributed by atoms with Crippen LogP contribution in [0.5, 0.6) is 5.75 Å². The van der Waals surface area contributed by atoms with Gasteiger partial charge in [0.15, 0.2) is 0 Å². The Labute approximate surface area is 191 Å². The Kier molecular flexibility index (Phi) is 7.01. The van der Waals surface area contributed by atoms with Crippen LogP contribution >= 0.6 is 0 Å². The van der Waals surface area contributed by atoms with E-state index in [4.69, 9.17) is 4.74 Å². The highest BCUT2D eigenvalue weighted by Gasteiger charge is 2.12. The van der Waals surface area contributed by atoms with Crippen LogP contribution in [-0.2, 0) is 9.47 Å². The first-order valence-electron chi connectivity index (χ1n) is 10.4. The Morgan fingerprint density at radius 2 is 1.30 bits per heavy atom. The number of carbonyl (C=O) groups is 1. The molecule has 3 aromatic carbocycles. The molecule has 0 aromatic heterocycles. The number of hydrogen-bond acceptors (Lipinski definition) is 9. The van der Waals surface area contributed by atoms with E-state index in [0.29, 0.717) is 17.1 Å². The van der Waals surface area contributed by atoms with E-state index in [0.717, 1.165) is 37.7 Å². The maximum atomic E-state index is 11.5. The number of esters is 1. The standard InChI is InChI=1S/C24H23N5O4/c1-32-24(31)22-11-8-20(16-23(22)30)28-27-18-4-2-17(3-5-18)25-26-19-6-9-21(10-7-19)29-12-14-33-15-13-29/h2-11,16,30H,12-15H2,1H3/b26-25+,28-27+. The fraction of sp³-hybridized carbons (Fsp3) is 0.208. The van der Waals surface area contributed by atoms with Crippen molar-refractivity contribution >= 4 is 34.4 Å². The molecule has 1 aliphatic rings. The van der Waals surface area contributed by atoms with Crippen LogP contribution in [0.4, 0.5) is 28.4 Å². The number of hydrogen-bond donors (Lipinski definition) is 1. The van der Waals surface area contributed by atoms with E-state index in [9.17, 15) is 9.90 Å². The molecule has 0 aliphatic carbocycles. The first-order chi connectivity index (χ1) is 16.1. The van der Waals surface area contributed by atoms with Crippen LogP contribution in [0.1, 0.15) is 10.4 Å². The largest absolute Gasteiger partial charge is 0.507 e. The number of phenolic OH excluding ortho intramolecular Hbond substituents is 1. The van der Waals surface area contributed by atoms with Gasteiger partial charge >= 0.3 is 5.97 Å². The predicted molar refractivity (Wildman–Crippen MR) is 124 cm³/mol. The molecule has 0 amide bonds. The molecule has 1 N–H and O–H groups in total. The Balaban J connectivity index is 1.36. The van der Waals surface area contributed by atoms with Crippen molar-refractivity contribution < 1.29 is 19.4 Å². The summed E-state index contributed by atoms with van der Waals surface area (Å²) in [5.74, 6) is -0.833. The topological polar surface area (TPSA) is 108 Å². The van der Waals surface area contributed by atoms with Gasteiger partial charge in [0.25, 0.3) is 0 Å². The summed E-state index contributed by atoms with van der Waals surface area (Å²) in [5, 5.41) is 26.7. The number of rotatable bonds is 6. The fourth-order valence-corrected chi connectivity index (χ4v) is 3.23. The van der Waals surface area contributed by atoms with Crippen molar-refractivity contribution in [1.29, 1.82) is 0 Å². The van der Waals surface area contributed by atoms with Gasteiger partial charge in [0.1, 0.15) is 11.3 Å². The van der Waals surface area contributed by atoms with Gasteiger partial charge in [-0.05, 0) is 60.7 Å². The lowest BCUT2D eigenvalue weighted by atomic mass is 10.2. The molecule has 0 radical (unpaired) electrons. The molecule has 9 heteroatoms. The van der Waals surface area contributed by atoms with Crippen molar-refractivity contribution in [3.05, 3.63) is 72.3 Å². The zero-order chi connectivity index (χ0) is 23.0. The molecular weight excluding hydrogens is 422 g/mol. The lowest BCUT2D eigenvalue weighted by Gasteiger charge is -2.28. The third-order valence-electron chi connectivity index (χ3n) is 5.02. The number of nitrogens with zero attached hydrogens (tertiary/aromatic N) is 5. The van der Waals surface area contributed by atoms with Gasteiger partial charge in [-0.1, -0.05) is 0 Å². The van der Waals surface area contributed by atoms with Crippen molar-refractivity contribution in [3.8, 4) is 5.75 Å². The number of aromatic hydroxyl groups is 1. The van der Waals surface area contributed by atoms with E-state index >= 15 is 0 Å². The molecule has 1 heterocycles. The second kappa shape index (κ2) is 10.5. The number of benzene rings is 3. The summed E-state index contributed by atoms with van der Waals surface area (Å²) in [6.07, 6.45) is 0. The predicted octanol–water partition coefficient (Wildman–Crippen LogP) is 5.85. The summed E-state index contributed by atoms with van der Waals surface area (Å²) in [6.45, 7) is 3.29. The van der Waals surface area contributed by atoms with Crippen LogP contribution in [0.25, 0.3) is 0 Å². The van der Waals surface area contributed by atoms with E-state index in [2.05, 4.69) is 30.1 Å². The second-order valence-electron chi connectivity index (χ2n) is 7.23.